The summed E-state index contributed by atoms with van der Waals surface area (Å²) < 4.78 is 0. The van der Waals surface area contributed by atoms with Crippen LogP contribution >= 0.6 is 0 Å². The fourth-order valence-electron chi connectivity index (χ4n) is 1.96. The highest BCUT2D eigenvalue weighted by Crippen LogP contribution is 2.20. The molecule has 1 aromatic heterocycles. The average molecular weight is 258 g/mol. The highest BCUT2D eigenvalue weighted by molar-refractivity contribution is 5.88. The molecule has 98 valence electrons. The van der Waals surface area contributed by atoms with Crippen LogP contribution in [-0.2, 0) is 0 Å². The molecule has 0 bridgehead atoms. The molecule has 0 fully saturated rings. The molecular formula is C14H14N2O3. The number of aromatic nitrogens is 2. The first kappa shape index (κ1) is 13.0. The Bertz CT molecular complexity index is 717. The smallest absolute Gasteiger partial charge is 0.343 e. The van der Waals surface area contributed by atoms with Gasteiger partial charge in [-0.25, -0.2) is 9.78 Å². The standard InChI is InChI=1S/C14H14N2O3/c1-7-4-5-8(2)10(6-7)12-15-9(3)11(14(18)19)13(17)16-12/h4-6H,1-3H3,(H,18,19)(H,15,16,17). The van der Waals surface area contributed by atoms with Crippen molar-refractivity contribution in [3.8, 4) is 11.4 Å². The lowest BCUT2D eigenvalue weighted by Gasteiger charge is -2.08. The largest absolute Gasteiger partial charge is 0.477 e. The van der Waals surface area contributed by atoms with Crippen molar-refractivity contribution in [2.24, 2.45) is 0 Å². The maximum absolute atomic E-state index is 11.8. The van der Waals surface area contributed by atoms with Gasteiger partial charge >= 0.3 is 5.97 Å². The normalized spacial score (nSPS) is 10.5. The number of nitrogens with one attached hydrogen (secondary N) is 1. The molecule has 5 heteroatoms. The quantitative estimate of drug-likeness (QED) is 0.863. The summed E-state index contributed by atoms with van der Waals surface area (Å²) in [5.41, 5.74) is 2.09. The van der Waals surface area contributed by atoms with Crippen molar-refractivity contribution < 1.29 is 9.90 Å². The number of aromatic carboxylic acids is 1. The number of carboxylic acids is 1. The fraction of sp³-hybridized carbons (Fsp3) is 0.214. The molecule has 5 nitrogen and oxygen atoms in total. The van der Waals surface area contributed by atoms with Crippen LogP contribution in [-0.4, -0.2) is 21.0 Å². The number of H-pyrrole nitrogens is 1. The summed E-state index contributed by atoms with van der Waals surface area (Å²) in [4.78, 5) is 29.5. The maximum atomic E-state index is 11.8. The molecule has 0 aliphatic rings. The topological polar surface area (TPSA) is 83.0 Å². The van der Waals surface area contributed by atoms with Gasteiger partial charge in [-0.15, -0.1) is 0 Å². The Hall–Kier alpha value is -2.43. The van der Waals surface area contributed by atoms with Crippen molar-refractivity contribution in [1.29, 1.82) is 0 Å². The molecule has 2 aromatic rings. The van der Waals surface area contributed by atoms with E-state index in [1.54, 1.807) is 0 Å². The Kier molecular flexibility index (Phi) is 3.21. The number of benzene rings is 1. The molecule has 0 saturated carbocycles. The predicted molar refractivity (Wildman–Crippen MR) is 71.5 cm³/mol. The van der Waals surface area contributed by atoms with Gasteiger partial charge < -0.3 is 10.1 Å². The minimum atomic E-state index is -1.27. The van der Waals surface area contributed by atoms with Crippen LogP contribution in [0.15, 0.2) is 23.0 Å². The number of hydrogen-bond acceptors (Lipinski definition) is 3. The van der Waals surface area contributed by atoms with E-state index in [9.17, 15) is 9.59 Å². The third-order valence-corrected chi connectivity index (χ3v) is 2.96. The Morgan fingerprint density at radius 2 is 1.95 bits per heavy atom. The van der Waals surface area contributed by atoms with Gasteiger partial charge in [0.25, 0.3) is 5.56 Å². The van der Waals surface area contributed by atoms with Crippen LogP contribution in [0.4, 0.5) is 0 Å². The van der Waals surface area contributed by atoms with Gasteiger partial charge in [-0.3, -0.25) is 4.79 Å². The average Bonchev–Trinajstić information content (AvgIpc) is 2.30. The molecule has 0 aliphatic carbocycles. The van der Waals surface area contributed by atoms with Gasteiger partial charge in [0, 0.05) is 5.56 Å². The summed E-state index contributed by atoms with van der Waals surface area (Å²) in [7, 11) is 0. The fourth-order valence-corrected chi connectivity index (χ4v) is 1.96. The summed E-state index contributed by atoms with van der Waals surface area (Å²) in [5, 5.41) is 8.95. The predicted octanol–water partition coefficient (Wildman–Crippen LogP) is 2.06. The number of carboxylic acid groups (broad SMARTS) is 1. The highest BCUT2D eigenvalue weighted by Gasteiger charge is 2.16. The molecule has 19 heavy (non-hydrogen) atoms. The van der Waals surface area contributed by atoms with Crippen LogP contribution in [0.25, 0.3) is 11.4 Å². The van der Waals surface area contributed by atoms with Crippen molar-refractivity contribution in [3.05, 3.63) is 50.9 Å². The molecular weight excluding hydrogens is 244 g/mol. The minimum absolute atomic E-state index is 0.215. The van der Waals surface area contributed by atoms with E-state index in [1.165, 1.54) is 6.92 Å². The summed E-state index contributed by atoms with van der Waals surface area (Å²) in [6.07, 6.45) is 0. The molecule has 2 N–H and O–H groups in total. The zero-order valence-electron chi connectivity index (χ0n) is 10.9. The third kappa shape index (κ3) is 2.40. The molecule has 0 radical (unpaired) electrons. The first-order valence-electron chi connectivity index (χ1n) is 5.82. The summed E-state index contributed by atoms with van der Waals surface area (Å²) in [5.74, 6) is -0.868. The first-order chi connectivity index (χ1) is 8.90. The Labute approximate surface area is 110 Å². The van der Waals surface area contributed by atoms with Gasteiger partial charge in [-0.1, -0.05) is 17.7 Å². The van der Waals surface area contributed by atoms with E-state index in [4.69, 9.17) is 5.11 Å². The molecule has 1 aromatic carbocycles. The van der Waals surface area contributed by atoms with Gasteiger partial charge in [-0.2, -0.15) is 0 Å². The van der Waals surface area contributed by atoms with E-state index < -0.39 is 11.5 Å². The lowest BCUT2D eigenvalue weighted by Crippen LogP contribution is -2.21. The van der Waals surface area contributed by atoms with Crippen molar-refractivity contribution in [2.45, 2.75) is 20.8 Å². The Morgan fingerprint density at radius 3 is 2.53 bits per heavy atom. The number of aromatic amines is 1. The molecule has 0 unspecified atom stereocenters. The van der Waals surface area contributed by atoms with Gasteiger partial charge in [0.15, 0.2) is 0 Å². The van der Waals surface area contributed by atoms with Crippen LogP contribution in [0.1, 0.15) is 27.2 Å². The summed E-state index contributed by atoms with van der Waals surface area (Å²) >= 11 is 0. The van der Waals surface area contributed by atoms with E-state index in [2.05, 4.69) is 9.97 Å². The van der Waals surface area contributed by atoms with Crippen LogP contribution in [0, 0.1) is 20.8 Å². The molecule has 0 saturated heterocycles. The number of hydrogen-bond donors (Lipinski definition) is 2. The number of rotatable bonds is 2. The van der Waals surface area contributed by atoms with Crippen LogP contribution in [0.3, 0.4) is 0 Å². The van der Waals surface area contributed by atoms with Gasteiger partial charge in [0.05, 0.1) is 5.69 Å². The lowest BCUT2D eigenvalue weighted by atomic mass is 10.0. The van der Waals surface area contributed by atoms with Crippen LogP contribution in [0.5, 0.6) is 0 Å². The summed E-state index contributed by atoms with van der Waals surface area (Å²) in [6.45, 7) is 5.38. The minimum Gasteiger partial charge on any atom is -0.477 e. The first-order valence-corrected chi connectivity index (χ1v) is 5.82. The third-order valence-electron chi connectivity index (χ3n) is 2.96. The van der Waals surface area contributed by atoms with Crippen LogP contribution < -0.4 is 5.56 Å². The van der Waals surface area contributed by atoms with Crippen molar-refractivity contribution >= 4 is 5.97 Å². The van der Waals surface area contributed by atoms with Crippen molar-refractivity contribution in [3.63, 3.8) is 0 Å². The monoisotopic (exact) mass is 258 g/mol. The molecule has 0 spiro atoms. The molecule has 0 atom stereocenters. The van der Waals surface area contributed by atoms with Crippen LogP contribution in [0.2, 0.25) is 0 Å². The molecule has 2 rings (SSSR count). The van der Waals surface area contributed by atoms with E-state index >= 15 is 0 Å². The molecule has 0 amide bonds. The Morgan fingerprint density at radius 1 is 1.26 bits per heavy atom. The van der Waals surface area contributed by atoms with E-state index in [0.717, 1.165) is 16.7 Å². The number of aryl methyl sites for hydroxylation is 3. The van der Waals surface area contributed by atoms with Crippen molar-refractivity contribution in [2.75, 3.05) is 0 Å². The maximum Gasteiger partial charge on any atom is 0.343 e. The second-order valence-corrected chi connectivity index (χ2v) is 4.50. The second kappa shape index (κ2) is 4.68. The van der Waals surface area contributed by atoms with Gasteiger partial charge in [0.2, 0.25) is 0 Å². The molecule has 1 heterocycles. The van der Waals surface area contributed by atoms with Crippen molar-refractivity contribution in [1.82, 2.24) is 9.97 Å². The highest BCUT2D eigenvalue weighted by atomic mass is 16.4. The van der Waals surface area contributed by atoms with Gasteiger partial charge in [0.1, 0.15) is 11.4 Å². The van der Waals surface area contributed by atoms with E-state index in [0.29, 0.717) is 5.82 Å². The number of carbonyl (C=O) groups is 1. The SMILES string of the molecule is Cc1ccc(C)c(-c2nc(C)c(C(=O)O)c(=O)[nH]2)c1. The Balaban J connectivity index is 2.68. The molecule has 0 aliphatic heterocycles. The van der Waals surface area contributed by atoms with Gasteiger partial charge in [-0.05, 0) is 32.4 Å². The van der Waals surface area contributed by atoms with E-state index in [-0.39, 0.29) is 11.3 Å². The number of nitrogens with zero attached hydrogens (tertiary/aromatic N) is 1. The lowest BCUT2D eigenvalue weighted by molar-refractivity contribution is 0.0693. The zero-order chi connectivity index (χ0) is 14.2. The summed E-state index contributed by atoms with van der Waals surface area (Å²) in [6, 6.07) is 5.81. The van der Waals surface area contributed by atoms with E-state index in [1.807, 2.05) is 32.0 Å². The second-order valence-electron chi connectivity index (χ2n) is 4.50. The zero-order valence-corrected chi connectivity index (χ0v) is 10.9.